The van der Waals surface area contributed by atoms with Gasteiger partial charge in [0.05, 0.1) is 6.51 Å². The lowest BCUT2D eigenvalue weighted by molar-refractivity contribution is -0.339. The minimum atomic E-state index is 0.479. The predicted molar refractivity (Wildman–Crippen MR) is 19.1 cm³/mol. The Balaban J connectivity index is 2.00. The molecule has 0 amide bonds. The predicted octanol–water partition coefficient (Wildman–Crippen LogP) is -1.47. The van der Waals surface area contributed by atoms with Gasteiger partial charge in [-0.2, -0.15) is 0 Å². The molecule has 1 aliphatic heterocycles. The van der Waals surface area contributed by atoms with E-state index < -0.39 is 0 Å². The van der Waals surface area contributed by atoms with E-state index >= 15 is 0 Å². The zero-order chi connectivity index (χ0) is 4.24. The third-order valence-corrected chi connectivity index (χ3v) is 0.413. The van der Waals surface area contributed by atoms with Crippen LogP contribution in [0.4, 0.5) is 0 Å². The maximum atomic E-state index is 4.34. The van der Waals surface area contributed by atoms with Crippen LogP contribution in [0, 0.1) is 0 Å². The number of rotatable bonds is 0. The van der Waals surface area contributed by atoms with Crippen molar-refractivity contribution >= 4 is 7.41 Å². The van der Waals surface area contributed by atoms with Crippen LogP contribution in [0.1, 0.15) is 0 Å². The lowest BCUT2D eigenvalue weighted by atomic mass is 10.00. The van der Waals surface area contributed by atoms with Crippen LogP contribution in [-0.4, -0.2) is 13.9 Å². The van der Waals surface area contributed by atoms with Gasteiger partial charge >= 0.3 is 0 Å². The molecule has 1 heterocycles. The molecule has 33 valence electrons. The minimum absolute atomic E-state index is 0.479. The highest BCUT2D eigenvalue weighted by molar-refractivity contribution is 6.31. The standard InChI is InChI=1S/CH4BN2O2/c1-2-3-4-6-5-1/h3-4H,1H2. The molecule has 0 saturated carbocycles. The summed E-state index contributed by atoms with van der Waals surface area (Å²) >= 11 is 0. The highest BCUT2D eigenvalue weighted by Crippen LogP contribution is 1.71. The van der Waals surface area contributed by atoms with Crippen LogP contribution in [0.2, 0.25) is 0 Å². The Morgan fingerprint density at radius 1 is 1.67 bits per heavy atom. The molecule has 0 aromatic rings. The van der Waals surface area contributed by atoms with Crippen LogP contribution < -0.4 is 10.9 Å². The highest BCUT2D eigenvalue weighted by atomic mass is 17.3. The van der Waals surface area contributed by atoms with Gasteiger partial charge in [0.2, 0.25) is 0 Å². The molecule has 0 aromatic heterocycles. The second-order valence-corrected chi connectivity index (χ2v) is 0.818. The maximum Gasteiger partial charge on any atom is 0.263 e. The first-order valence-corrected chi connectivity index (χ1v) is 1.61. The Kier molecular flexibility index (Phi) is 1.46. The van der Waals surface area contributed by atoms with E-state index in [1.54, 1.807) is 7.41 Å². The summed E-state index contributed by atoms with van der Waals surface area (Å²) in [7, 11) is 1.68. The summed E-state index contributed by atoms with van der Waals surface area (Å²) in [6.07, 6.45) is 0. The van der Waals surface area contributed by atoms with Crippen molar-refractivity contribution in [3.8, 4) is 0 Å². The van der Waals surface area contributed by atoms with Crippen LogP contribution in [0.15, 0.2) is 0 Å². The summed E-state index contributed by atoms with van der Waals surface area (Å²) in [6.45, 7) is 0.479. The normalized spacial score (nSPS) is 22.7. The number of hydrogen-bond donors (Lipinski definition) is 2. The quantitative estimate of drug-likeness (QED) is 0.279. The molecule has 0 aromatic carbocycles. The van der Waals surface area contributed by atoms with E-state index in [-0.39, 0.29) is 0 Å². The van der Waals surface area contributed by atoms with Crippen LogP contribution in [0.3, 0.4) is 0 Å². The Labute approximate surface area is 35.9 Å². The topological polar surface area (TPSA) is 42.5 Å². The van der Waals surface area contributed by atoms with Crippen molar-refractivity contribution < 1.29 is 9.88 Å². The lowest BCUT2D eigenvalue weighted by Crippen LogP contribution is -2.42. The number of hydrogen-bond acceptors (Lipinski definition) is 4. The molecule has 1 radical (unpaired) electrons. The van der Waals surface area contributed by atoms with Crippen LogP contribution in [-0.2, 0) is 9.88 Å². The highest BCUT2D eigenvalue weighted by Gasteiger charge is 1.96. The van der Waals surface area contributed by atoms with Crippen LogP contribution in [0.5, 0.6) is 0 Å². The van der Waals surface area contributed by atoms with E-state index in [0.717, 1.165) is 0 Å². The molecule has 1 aliphatic rings. The fraction of sp³-hybridized carbons (Fsp3) is 1.00. The zero-order valence-electron chi connectivity index (χ0n) is 3.10. The van der Waals surface area contributed by atoms with Gasteiger partial charge in [0.15, 0.2) is 0 Å². The van der Waals surface area contributed by atoms with Gasteiger partial charge in [-0.1, -0.05) is 0 Å². The summed E-state index contributed by atoms with van der Waals surface area (Å²) in [5.74, 6) is 0. The molecule has 0 aliphatic carbocycles. The molecule has 0 bridgehead atoms. The Hall–Kier alpha value is -0.0951. The van der Waals surface area contributed by atoms with Crippen molar-refractivity contribution in [1.29, 1.82) is 0 Å². The fourth-order valence-corrected chi connectivity index (χ4v) is 0.205. The van der Waals surface area contributed by atoms with E-state index in [4.69, 9.17) is 0 Å². The van der Waals surface area contributed by atoms with Gasteiger partial charge in [-0.15, -0.1) is 10.6 Å². The summed E-state index contributed by atoms with van der Waals surface area (Å²) in [4.78, 5) is 8.52. The average Bonchev–Trinajstić information content (AvgIpc) is 1.72. The van der Waals surface area contributed by atoms with Gasteiger partial charge in [-0.3, -0.25) is 5.34 Å². The molecular weight excluding hydrogens is 82.8 g/mol. The second-order valence-electron chi connectivity index (χ2n) is 0.818. The lowest BCUT2D eigenvalue weighted by Gasteiger charge is -2.09. The van der Waals surface area contributed by atoms with E-state index in [1.807, 2.05) is 0 Å². The van der Waals surface area contributed by atoms with E-state index in [2.05, 4.69) is 20.8 Å². The van der Waals surface area contributed by atoms with Gasteiger partial charge in [0, 0.05) is 0 Å². The van der Waals surface area contributed by atoms with Crippen molar-refractivity contribution in [2.75, 3.05) is 6.51 Å². The summed E-state index contributed by atoms with van der Waals surface area (Å²) in [6, 6.07) is 0. The molecule has 6 heavy (non-hydrogen) atoms. The molecular formula is CH4BN2O2. The number of nitrogens with one attached hydrogen (secondary N) is 2. The summed E-state index contributed by atoms with van der Waals surface area (Å²) < 4.78 is 0. The van der Waals surface area contributed by atoms with Gasteiger partial charge in [0.25, 0.3) is 7.41 Å². The Morgan fingerprint density at radius 3 is 2.83 bits per heavy atom. The van der Waals surface area contributed by atoms with Gasteiger partial charge in [-0.05, 0) is 0 Å². The molecule has 0 atom stereocenters. The van der Waals surface area contributed by atoms with Gasteiger partial charge in [0.1, 0.15) is 0 Å². The Morgan fingerprint density at radius 2 is 2.67 bits per heavy atom. The molecule has 0 unspecified atom stereocenters. The monoisotopic (exact) mass is 87.0 g/mol. The van der Waals surface area contributed by atoms with E-state index in [1.165, 1.54) is 0 Å². The van der Waals surface area contributed by atoms with Crippen LogP contribution >= 0.6 is 0 Å². The third kappa shape index (κ3) is 0.945. The SMILES string of the molecule is [B]1COONN1. The van der Waals surface area contributed by atoms with Crippen molar-refractivity contribution in [2.45, 2.75) is 0 Å². The molecule has 1 rings (SSSR count). The van der Waals surface area contributed by atoms with Gasteiger partial charge in [-0.25, -0.2) is 4.89 Å². The van der Waals surface area contributed by atoms with E-state index in [0.29, 0.717) is 6.51 Å². The molecule has 1 fully saturated rings. The smallest absolute Gasteiger partial charge is 0.263 e. The Bertz CT molecular complexity index is 27.0. The first kappa shape index (κ1) is 4.07. The zero-order valence-corrected chi connectivity index (χ0v) is 3.10. The van der Waals surface area contributed by atoms with Crippen molar-refractivity contribution in [2.24, 2.45) is 0 Å². The molecule has 1 saturated heterocycles. The maximum absolute atomic E-state index is 4.34. The second kappa shape index (κ2) is 2.15. The first-order valence-electron chi connectivity index (χ1n) is 1.61. The first-order chi connectivity index (χ1) is 3.00. The summed E-state index contributed by atoms with van der Waals surface area (Å²) in [5.41, 5.74) is 2.26. The average molecular weight is 86.9 g/mol. The number of hydrazine groups is 1. The van der Waals surface area contributed by atoms with Gasteiger partial charge < -0.3 is 0 Å². The van der Waals surface area contributed by atoms with Crippen LogP contribution in [0.25, 0.3) is 0 Å². The third-order valence-electron chi connectivity index (χ3n) is 0.413. The molecule has 0 spiro atoms. The molecule has 4 nitrogen and oxygen atoms in total. The van der Waals surface area contributed by atoms with Crippen molar-refractivity contribution in [3.63, 3.8) is 0 Å². The fourth-order valence-electron chi connectivity index (χ4n) is 0.205. The largest absolute Gasteiger partial charge is 0.275 e. The van der Waals surface area contributed by atoms with E-state index in [9.17, 15) is 0 Å². The van der Waals surface area contributed by atoms with Crippen molar-refractivity contribution in [3.05, 3.63) is 0 Å². The minimum Gasteiger partial charge on any atom is -0.275 e. The summed E-state index contributed by atoms with van der Waals surface area (Å²) in [5, 5.41) is 2.56. The molecule has 5 heteroatoms. The molecule has 2 N–H and O–H groups in total. The van der Waals surface area contributed by atoms with Crippen molar-refractivity contribution in [1.82, 2.24) is 10.9 Å².